The minimum absolute atomic E-state index is 0.0734. The van der Waals surface area contributed by atoms with Crippen molar-refractivity contribution in [3.8, 4) is 0 Å². The number of carbonyl (C=O) groups excluding carboxylic acids is 2. The molecule has 2 amide bonds. The molecule has 2 N–H and O–H groups in total. The van der Waals surface area contributed by atoms with Crippen LogP contribution in [0.3, 0.4) is 0 Å². The van der Waals surface area contributed by atoms with E-state index in [2.05, 4.69) is 32.5 Å². The van der Waals surface area contributed by atoms with Gasteiger partial charge < -0.3 is 20.4 Å². The highest BCUT2D eigenvalue weighted by atomic mass is 32.1. The van der Waals surface area contributed by atoms with Crippen LogP contribution in [0, 0.1) is 6.92 Å². The van der Waals surface area contributed by atoms with Crippen LogP contribution >= 0.6 is 11.3 Å². The van der Waals surface area contributed by atoms with Gasteiger partial charge in [0.15, 0.2) is 0 Å². The minimum Gasteiger partial charge on any atom is -0.354 e. The van der Waals surface area contributed by atoms with Crippen molar-refractivity contribution in [3.05, 3.63) is 40.2 Å². The molecule has 1 aliphatic rings. The number of piperazine rings is 1. The molecule has 3 rings (SSSR count). The summed E-state index contributed by atoms with van der Waals surface area (Å²) in [5, 5.41) is 5.38. The fraction of sp³-hybridized carbons (Fsp3) is 0.389. The van der Waals surface area contributed by atoms with Crippen molar-refractivity contribution in [2.45, 2.75) is 6.92 Å². The lowest BCUT2D eigenvalue weighted by Crippen LogP contribution is -2.44. The predicted molar refractivity (Wildman–Crippen MR) is 104 cm³/mol. The van der Waals surface area contributed by atoms with Crippen LogP contribution in [-0.4, -0.2) is 61.5 Å². The second-order valence-corrected chi connectivity index (χ2v) is 7.62. The third-order valence-electron chi connectivity index (χ3n) is 4.23. The second-order valence-electron chi connectivity index (χ2n) is 6.34. The van der Waals surface area contributed by atoms with Crippen LogP contribution in [0.2, 0.25) is 0 Å². The Labute approximate surface area is 157 Å². The molecule has 8 heteroatoms. The van der Waals surface area contributed by atoms with Crippen molar-refractivity contribution < 1.29 is 9.59 Å². The number of thiophene rings is 1. The fourth-order valence-electron chi connectivity index (χ4n) is 2.69. The molecule has 2 aromatic rings. The highest BCUT2D eigenvalue weighted by molar-refractivity contribution is 7.13. The Balaban J connectivity index is 1.47. The quantitative estimate of drug-likeness (QED) is 0.832. The molecule has 0 atom stereocenters. The first-order valence-electron chi connectivity index (χ1n) is 8.55. The summed E-state index contributed by atoms with van der Waals surface area (Å²) in [6.45, 7) is 5.79. The lowest BCUT2D eigenvalue weighted by Gasteiger charge is -2.33. The van der Waals surface area contributed by atoms with Crippen LogP contribution in [0.1, 0.15) is 14.5 Å². The van der Waals surface area contributed by atoms with Gasteiger partial charge in [0.2, 0.25) is 5.91 Å². The summed E-state index contributed by atoms with van der Waals surface area (Å²) in [4.78, 5) is 34.6. The van der Waals surface area contributed by atoms with Gasteiger partial charge in [-0.1, -0.05) is 0 Å². The molecule has 1 fully saturated rings. The van der Waals surface area contributed by atoms with E-state index in [4.69, 9.17) is 0 Å². The van der Waals surface area contributed by atoms with Gasteiger partial charge in [0.25, 0.3) is 5.91 Å². The summed E-state index contributed by atoms with van der Waals surface area (Å²) in [6.07, 6.45) is 1.65. The second kappa shape index (κ2) is 8.29. The maximum Gasteiger partial charge on any atom is 0.261 e. The van der Waals surface area contributed by atoms with Gasteiger partial charge in [-0.15, -0.1) is 11.3 Å². The van der Waals surface area contributed by atoms with Gasteiger partial charge in [-0.3, -0.25) is 9.59 Å². The summed E-state index contributed by atoms with van der Waals surface area (Å²) >= 11 is 1.41. The van der Waals surface area contributed by atoms with Crippen LogP contribution < -0.4 is 15.5 Å². The van der Waals surface area contributed by atoms with Crippen LogP contribution in [-0.2, 0) is 4.79 Å². The lowest BCUT2D eigenvalue weighted by atomic mass is 10.3. The largest absolute Gasteiger partial charge is 0.354 e. The highest BCUT2D eigenvalue weighted by Crippen LogP contribution is 2.16. The number of rotatable bonds is 5. The summed E-state index contributed by atoms with van der Waals surface area (Å²) in [6, 6.07) is 7.39. The molecule has 0 aliphatic carbocycles. The predicted octanol–water partition coefficient (Wildman–Crippen LogP) is 1.57. The summed E-state index contributed by atoms with van der Waals surface area (Å²) < 4.78 is 0. The molecule has 1 saturated heterocycles. The monoisotopic (exact) mass is 373 g/mol. The zero-order valence-corrected chi connectivity index (χ0v) is 15.8. The number of hydrogen-bond acceptors (Lipinski definition) is 6. The van der Waals surface area contributed by atoms with E-state index in [0.717, 1.165) is 36.9 Å². The van der Waals surface area contributed by atoms with Crippen molar-refractivity contribution in [1.29, 1.82) is 0 Å². The van der Waals surface area contributed by atoms with Gasteiger partial charge in [0.1, 0.15) is 5.82 Å². The SMILES string of the molecule is Cc1ccc(C(=O)NCC(=O)Nc2ccc(N3CCN(C)CC3)nc2)s1. The van der Waals surface area contributed by atoms with Crippen molar-refractivity contribution in [3.63, 3.8) is 0 Å². The summed E-state index contributed by atoms with van der Waals surface area (Å²) in [7, 11) is 2.11. The van der Waals surface area contributed by atoms with Crippen LogP contribution in [0.15, 0.2) is 30.5 Å². The van der Waals surface area contributed by atoms with Crippen molar-refractivity contribution >= 4 is 34.7 Å². The molecule has 26 heavy (non-hydrogen) atoms. The summed E-state index contributed by atoms with van der Waals surface area (Å²) in [5.41, 5.74) is 0.620. The average molecular weight is 373 g/mol. The van der Waals surface area contributed by atoms with E-state index >= 15 is 0 Å². The maximum atomic E-state index is 12.0. The smallest absolute Gasteiger partial charge is 0.261 e. The number of hydrogen-bond donors (Lipinski definition) is 2. The third-order valence-corrected chi connectivity index (χ3v) is 5.23. The highest BCUT2D eigenvalue weighted by Gasteiger charge is 2.15. The van der Waals surface area contributed by atoms with Crippen LogP contribution in [0.25, 0.3) is 0 Å². The Kier molecular flexibility index (Phi) is 5.85. The number of nitrogens with zero attached hydrogens (tertiary/aromatic N) is 3. The molecule has 7 nitrogen and oxygen atoms in total. The Hall–Kier alpha value is -2.45. The molecule has 0 spiro atoms. The number of aromatic nitrogens is 1. The van der Waals surface area contributed by atoms with Crippen LogP contribution in [0.5, 0.6) is 0 Å². The molecule has 0 radical (unpaired) electrons. The third kappa shape index (κ3) is 4.80. The minimum atomic E-state index is -0.277. The summed E-state index contributed by atoms with van der Waals surface area (Å²) in [5.74, 6) is 0.403. The van der Waals surface area contributed by atoms with E-state index in [9.17, 15) is 9.59 Å². The molecule has 0 bridgehead atoms. The van der Waals surface area contributed by atoms with Crippen molar-refractivity contribution in [2.75, 3.05) is 50.0 Å². The Morgan fingerprint density at radius 1 is 1.15 bits per heavy atom. The maximum absolute atomic E-state index is 12.0. The molecule has 138 valence electrons. The topological polar surface area (TPSA) is 77.6 Å². The van der Waals surface area contributed by atoms with Crippen molar-refractivity contribution in [2.24, 2.45) is 0 Å². The molecule has 2 aromatic heterocycles. The average Bonchev–Trinajstić information content (AvgIpc) is 3.08. The molecule has 0 aromatic carbocycles. The van der Waals surface area contributed by atoms with E-state index in [1.165, 1.54) is 11.3 Å². The zero-order chi connectivity index (χ0) is 18.5. The van der Waals surface area contributed by atoms with Gasteiger partial charge in [0, 0.05) is 31.1 Å². The standard InChI is InChI=1S/C18H23N5O2S/c1-13-3-5-15(26-13)18(25)20-12-17(24)21-14-4-6-16(19-11-14)23-9-7-22(2)8-10-23/h3-6,11H,7-10,12H2,1-2H3,(H,20,25)(H,21,24). The molecular weight excluding hydrogens is 350 g/mol. The van der Waals surface area contributed by atoms with E-state index in [1.54, 1.807) is 12.3 Å². The molecule has 0 saturated carbocycles. The number of likely N-dealkylation sites (N-methyl/N-ethyl adjacent to an activating group) is 1. The molecular formula is C18H23N5O2S. The normalized spacial score (nSPS) is 14.9. The zero-order valence-electron chi connectivity index (χ0n) is 15.0. The number of anilines is 2. The fourth-order valence-corrected chi connectivity index (χ4v) is 3.48. The van der Waals surface area contributed by atoms with E-state index in [0.29, 0.717) is 10.6 Å². The van der Waals surface area contributed by atoms with Crippen LogP contribution in [0.4, 0.5) is 11.5 Å². The number of amides is 2. The van der Waals surface area contributed by atoms with E-state index in [-0.39, 0.29) is 18.4 Å². The molecule has 0 unspecified atom stereocenters. The number of pyridine rings is 1. The number of aryl methyl sites for hydroxylation is 1. The molecule has 3 heterocycles. The Morgan fingerprint density at radius 3 is 2.54 bits per heavy atom. The first-order chi connectivity index (χ1) is 12.5. The first kappa shape index (κ1) is 18.3. The van der Waals surface area contributed by atoms with E-state index < -0.39 is 0 Å². The molecule has 1 aliphatic heterocycles. The van der Waals surface area contributed by atoms with Gasteiger partial charge in [-0.2, -0.15) is 0 Å². The number of nitrogens with one attached hydrogen (secondary N) is 2. The van der Waals surface area contributed by atoms with Gasteiger partial charge in [0.05, 0.1) is 23.3 Å². The number of carbonyl (C=O) groups is 2. The van der Waals surface area contributed by atoms with E-state index in [1.807, 2.05) is 25.1 Å². The first-order valence-corrected chi connectivity index (χ1v) is 9.37. The van der Waals surface area contributed by atoms with Gasteiger partial charge in [-0.25, -0.2) is 4.98 Å². The van der Waals surface area contributed by atoms with Gasteiger partial charge in [-0.05, 0) is 38.2 Å². The lowest BCUT2D eigenvalue weighted by molar-refractivity contribution is -0.115. The Bertz CT molecular complexity index is 766. The Morgan fingerprint density at radius 2 is 1.92 bits per heavy atom. The van der Waals surface area contributed by atoms with Crippen molar-refractivity contribution in [1.82, 2.24) is 15.2 Å². The van der Waals surface area contributed by atoms with Gasteiger partial charge >= 0.3 is 0 Å².